The summed E-state index contributed by atoms with van der Waals surface area (Å²) in [4.78, 5) is 0. The maximum atomic E-state index is 5.74. The lowest BCUT2D eigenvalue weighted by molar-refractivity contribution is 0.414. The molecular formula is C12H20N2O. The Balaban J connectivity index is 2.31. The molecule has 0 aliphatic carbocycles. The van der Waals surface area contributed by atoms with Crippen molar-refractivity contribution in [3.8, 4) is 5.75 Å². The number of hydrogen-bond donors (Lipinski definition) is 2. The van der Waals surface area contributed by atoms with Crippen molar-refractivity contribution < 1.29 is 4.74 Å². The zero-order valence-electron chi connectivity index (χ0n) is 9.28. The Bertz CT molecular complexity index is 271. The highest BCUT2D eigenvalue weighted by Crippen LogP contribution is 2.13. The molecule has 0 saturated carbocycles. The van der Waals surface area contributed by atoms with E-state index in [1.807, 2.05) is 12.1 Å². The van der Waals surface area contributed by atoms with Gasteiger partial charge in [-0.3, -0.25) is 0 Å². The fraction of sp³-hybridized carbons (Fsp3) is 0.500. The van der Waals surface area contributed by atoms with Crippen LogP contribution in [0.2, 0.25) is 0 Å². The third kappa shape index (κ3) is 4.32. The fourth-order valence-electron chi connectivity index (χ4n) is 1.48. The first kappa shape index (κ1) is 12.0. The molecule has 0 bridgehead atoms. The minimum Gasteiger partial charge on any atom is -0.497 e. The van der Waals surface area contributed by atoms with Gasteiger partial charge in [0, 0.05) is 12.6 Å². The zero-order chi connectivity index (χ0) is 11.1. The van der Waals surface area contributed by atoms with Crippen LogP contribution in [0.1, 0.15) is 18.4 Å². The van der Waals surface area contributed by atoms with Gasteiger partial charge in [0.1, 0.15) is 5.75 Å². The second kappa shape index (κ2) is 6.43. The molecule has 1 aromatic rings. The SMILES string of the molecule is COc1ccc(CCCC(N)CN)cc1. The molecule has 0 radical (unpaired) electrons. The van der Waals surface area contributed by atoms with E-state index in [0.29, 0.717) is 6.54 Å². The van der Waals surface area contributed by atoms with Gasteiger partial charge in [0.25, 0.3) is 0 Å². The highest BCUT2D eigenvalue weighted by atomic mass is 16.5. The van der Waals surface area contributed by atoms with E-state index in [-0.39, 0.29) is 6.04 Å². The Labute approximate surface area is 91.4 Å². The van der Waals surface area contributed by atoms with E-state index in [1.165, 1.54) is 5.56 Å². The van der Waals surface area contributed by atoms with Crippen molar-refractivity contribution in [3.63, 3.8) is 0 Å². The van der Waals surface area contributed by atoms with Gasteiger partial charge in [-0.15, -0.1) is 0 Å². The van der Waals surface area contributed by atoms with Gasteiger partial charge in [-0.1, -0.05) is 12.1 Å². The Morgan fingerprint density at radius 2 is 1.93 bits per heavy atom. The first-order valence-electron chi connectivity index (χ1n) is 5.35. The number of methoxy groups -OCH3 is 1. The van der Waals surface area contributed by atoms with Gasteiger partial charge in [0.05, 0.1) is 7.11 Å². The van der Waals surface area contributed by atoms with Crippen LogP contribution in [0.15, 0.2) is 24.3 Å². The van der Waals surface area contributed by atoms with Crippen LogP contribution >= 0.6 is 0 Å². The van der Waals surface area contributed by atoms with Crippen LogP contribution in [0.4, 0.5) is 0 Å². The summed E-state index contributed by atoms with van der Waals surface area (Å²) in [7, 11) is 1.68. The molecule has 0 fully saturated rings. The predicted molar refractivity (Wildman–Crippen MR) is 63.0 cm³/mol. The monoisotopic (exact) mass is 208 g/mol. The predicted octanol–water partition coefficient (Wildman–Crippen LogP) is 1.30. The van der Waals surface area contributed by atoms with Gasteiger partial charge in [0.2, 0.25) is 0 Å². The van der Waals surface area contributed by atoms with Gasteiger partial charge in [-0.2, -0.15) is 0 Å². The molecule has 0 aromatic heterocycles. The largest absolute Gasteiger partial charge is 0.497 e. The van der Waals surface area contributed by atoms with Crippen LogP contribution in [0.25, 0.3) is 0 Å². The zero-order valence-corrected chi connectivity index (χ0v) is 9.28. The van der Waals surface area contributed by atoms with E-state index in [0.717, 1.165) is 25.0 Å². The van der Waals surface area contributed by atoms with Gasteiger partial charge in [0.15, 0.2) is 0 Å². The summed E-state index contributed by atoms with van der Waals surface area (Å²) < 4.78 is 5.09. The minimum atomic E-state index is 0.142. The highest BCUT2D eigenvalue weighted by molar-refractivity contribution is 5.27. The Hall–Kier alpha value is -1.06. The molecule has 1 unspecified atom stereocenters. The molecule has 84 valence electrons. The summed E-state index contributed by atoms with van der Waals surface area (Å²) in [6.45, 7) is 0.572. The lowest BCUT2D eigenvalue weighted by Gasteiger charge is -2.08. The van der Waals surface area contributed by atoms with Crippen LogP contribution in [-0.4, -0.2) is 19.7 Å². The van der Waals surface area contributed by atoms with Gasteiger partial charge in [-0.25, -0.2) is 0 Å². The summed E-state index contributed by atoms with van der Waals surface area (Å²) in [6.07, 6.45) is 3.13. The van der Waals surface area contributed by atoms with Crippen molar-refractivity contribution in [1.82, 2.24) is 0 Å². The lowest BCUT2D eigenvalue weighted by atomic mass is 10.1. The quantitative estimate of drug-likeness (QED) is 0.741. The molecule has 1 atom stereocenters. The molecule has 0 saturated heterocycles. The van der Waals surface area contributed by atoms with Crippen LogP contribution in [-0.2, 0) is 6.42 Å². The Morgan fingerprint density at radius 1 is 1.27 bits per heavy atom. The standard InChI is InChI=1S/C12H20N2O/c1-15-12-7-5-10(6-8-12)3-2-4-11(14)9-13/h5-8,11H,2-4,9,13-14H2,1H3. The van der Waals surface area contributed by atoms with Crippen molar-refractivity contribution in [2.45, 2.75) is 25.3 Å². The highest BCUT2D eigenvalue weighted by Gasteiger charge is 2.00. The van der Waals surface area contributed by atoms with E-state index in [2.05, 4.69) is 12.1 Å². The smallest absolute Gasteiger partial charge is 0.118 e. The molecule has 3 heteroatoms. The number of nitrogens with two attached hydrogens (primary N) is 2. The topological polar surface area (TPSA) is 61.3 Å². The number of benzene rings is 1. The van der Waals surface area contributed by atoms with E-state index in [4.69, 9.17) is 16.2 Å². The molecule has 0 aliphatic rings. The minimum absolute atomic E-state index is 0.142. The molecule has 0 amide bonds. The van der Waals surface area contributed by atoms with E-state index in [1.54, 1.807) is 7.11 Å². The van der Waals surface area contributed by atoms with Crippen LogP contribution in [0.5, 0.6) is 5.75 Å². The number of hydrogen-bond acceptors (Lipinski definition) is 3. The van der Waals surface area contributed by atoms with E-state index in [9.17, 15) is 0 Å². The third-order valence-electron chi connectivity index (χ3n) is 2.50. The number of rotatable bonds is 6. The fourth-order valence-corrected chi connectivity index (χ4v) is 1.48. The van der Waals surface area contributed by atoms with Crippen LogP contribution in [0, 0.1) is 0 Å². The van der Waals surface area contributed by atoms with Gasteiger partial charge >= 0.3 is 0 Å². The Kier molecular flexibility index (Phi) is 5.15. The second-order valence-corrected chi connectivity index (χ2v) is 3.74. The molecule has 0 aliphatic heterocycles. The van der Waals surface area contributed by atoms with Crippen molar-refractivity contribution in [2.24, 2.45) is 11.5 Å². The molecule has 0 heterocycles. The van der Waals surface area contributed by atoms with Crippen molar-refractivity contribution in [3.05, 3.63) is 29.8 Å². The third-order valence-corrected chi connectivity index (χ3v) is 2.50. The average Bonchev–Trinajstić information content (AvgIpc) is 2.29. The summed E-state index contributed by atoms with van der Waals surface area (Å²) in [5, 5.41) is 0. The summed E-state index contributed by atoms with van der Waals surface area (Å²) >= 11 is 0. The molecule has 15 heavy (non-hydrogen) atoms. The van der Waals surface area contributed by atoms with Gasteiger partial charge in [-0.05, 0) is 37.0 Å². The van der Waals surface area contributed by atoms with Crippen molar-refractivity contribution >= 4 is 0 Å². The molecular weight excluding hydrogens is 188 g/mol. The molecule has 1 aromatic carbocycles. The van der Waals surface area contributed by atoms with Crippen LogP contribution < -0.4 is 16.2 Å². The van der Waals surface area contributed by atoms with Crippen molar-refractivity contribution in [1.29, 1.82) is 0 Å². The summed E-state index contributed by atoms with van der Waals surface area (Å²) in [6, 6.07) is 8.29. The normalized spacial score (nSPS) is 12.5. The van der Waals surface area contributed by atoms with Crippen LogP contribution in [0.3, 0.4) is 0 Å². The second-order valence-electron chi connectivity index (χ2n) is 3.74. The molecule has 4 N–H and O–H groups in total. The summed E-state index contributed by atoms with van der Waals surface area (Å²) in [5.41, 5.74) is 12.5. The average molecular weight is 208 g/mol. The maximum absolute atomic E-state index is 5.74. The first-order chi connectivity index (χ1) is 7.26. The summed E-state index contributed by atoms with van der Waals surface area (Å²) in [5.74, 6) is 0.900. The number of ether oxygens (including phenoxy) is 1. The first-order valence-corrected chi connectivity index (χ1v) is 5.35. The van der Waals surface area contributed by atoms with Gasteiger partial charge < -0.3 is 16.2 Å². The van der Waals surface area contributed by atoms with E-state index < -0.39 is 0 Å². The molecule has 1 rings (SSSR count). The van der Waals surface area contributed by atoms with Crippen molar-refractivity contribution in [2.75, 3.05) is 13.7 Å². The maximum Gasteiger partial charge on any atom is 0.118 e. The molecule has 0 spiro atoms. The number of aryl methyl sites for hydroxylation is 1. The lowest BCUT2D eigenvalue weighted by Crippen LogP contribution is -2.29. The molecule has 3 nitrogen and oxygen atoms in total. The Morgan fingerprint density at radius 3 is 2.47 bits per heavy atom. The van der Waals surface area contributed by atoms with E-state index >= 15 is 0 Å².